The zero-order chi connectivity index (χ0) is 20.6. The fourth-order valence-corrected chi connectivity index (χ4v) is 5.33. The molecule has 1 N–H and O–H groups in total. The van der Waals surface area contributed by atoms with Crippen LogP contribution in [-0.4, -0.2) is 27.9 Å². The van der Waals surface area contributed by atoms with Gasteiger partial charge in [-0.3, -0.25) is 4.79 Å². The highest BCUT2D eigenvalue weighted by Crippen LogP contribution is 2.42. The molecule has 2 aromatic carbocycles. The molecule has 0 spiro atoms. The van der Waals surface area contributed by atoms with Gasteiger partial charge in [0.15, 0.2) is 0 Å². The van der Waals surface area contributed by atoms with Gasteiger partial charge in [0.1, 0.15) is 0 Å². The minimum atomic E-state index is -3.67. The number of carbonyl (C=O) groups excluding carboxylic acids is 1. The summed E-state index contributed by atoms with van der Waals surface area (Å²) in [7, 11) is -1.92. The predicted octanol–water partition coefficient (Wildman–Crippen LogP) is 4.07. The lowest BCUT2D eigenvalue weighted by Crippen LogP contribution is -2.27. The fourth-order valence-electron chi connectivity index (χ4n) is 4.18. The molecule has 152 valence electrons. The first kappa shape index (κ1) is 19.9. The number of allylic oxidation sites excluding steroid dienone is 1. The Balaban J connectivity index is 1.61. The average molecular weight is 411 g/mol. The van der Waals surface area contributed by atoms with Crippen LogP contribution in [0.15, 0.2) is 59.0 Å². The maximum absolute atomic E-state index is 12.9. The molecule has 0 bridgehead atoms. The van der Waals surface area contributed by atoms with E-state index < -0.39 is 10.0 Å². The van der Waals surface area contributed by atoms with Gasteiger partial charge in [0, 0.05) is 24.7 Å². The van der Waals surface area contributed by atoms with Gasteiger partial charge in [0.25, 0.3) is 5.91 Å². The first-order valence-corrected chi connectivity index (χ1v) is 11.6. The van der Waals surface area contributed by atoms with Gasteiger partial charge in [-0.1, -0.05) is 42.8 Å². The van der Waals surface area contributed by atoms with Gasteiger partial charge in [0.05, 0.1) is 10.6 Å². The molecule has 1 fully saturated rings. The van der Waals surface area contributed by atoms with E-state index in [1.54, 1.807) is 30.1 Å². The smallest absolute Gasteiger partial charge is 0.258 e. The minimum absolute atomic E-state index is 0.0305. The number of sulfonamides is 1. The van der Waals surface area contributed by atoms with Crippen molar-refractivity contribution in [3.63, 3.8) is 0 Å². The summed E-state index contributed by atoms with van der Waals surface area (Å²) in [6.45, 7) is 2.31. The topological polar surface area (TPSA) is 66.5 Å². The van der Waals surface area contributed by atoms with Gasteiger partial charge < -0.3 is 4.90 Å². The molecule has 29 heavy (non-hydrogen) atoms. The van der Waals surface area contributed by atoms with E-state index in [4.69, 9.17) is 0 Å². The summed E-state index contributed by atoms with van der Waals surface area (Å²) in [5, 5.41) is 0. The Morgan fingerprint density at radius 1 is 1.07 bits per heavy atom. The Labute approximate surface area is 172 Å². The van der Waals surface area contributed by atoms with Crippen molar-refractivity contribution < 1.29 is 13.2 Å². The summed E-state index contributed by atoms with van der Waals surface area (Å²) < 4.78 is 28.6. The zero-order valence-electron chi connectivity index (χ0n) is 16.8. The molecule has 1 aliphatic heterocycles. The van der Waals surface area contributed by atoms with Crippen LogP contribution in [0.4, 0.5) is 5.69 Å². The maximum Gasteiger partial charge on any atom is 0.258 e. The number of hydrogen-bond acceptors (Lipinski definition) is 3. The second kappa shape index (κ2) is 7.76. The van der Waals surface area contributed by atoms with Crippen LogP contribution in [0.1, 0.15) is 49.7 Å². The molecule has 2 aliphatic rings. The molecule has 0 radical (unpaired) electrons. The number of rotatable bonds is 5. The average Bonchev–Trinajstić information content (AvgIpc) is 3.34. The highest BCUT2D eigenvalue weighted by Gasteiger charge is 2.34. The van der Waals surface area contributed by atoms with Crippen LogP contribution in [-0.2, 0) is 14.8 Å². The summed E-state index contributed by atoms with van der Waals surface area (Å²) in [5.41, 5.74) is 4.47. The number of likely N-dealkylation sites (N-methyl/N-ethyl adjacent to an activating group) is 1. The van der Waals surface area contributed by atoms with Crippen LogP contribution < -0.4 is 9.62 Å². The molecule has 4 rings (SSSR count). The summed E-state index contributed by atoms with van der Waals surface area (Å²) >= 11 is 0. The molecule has 1 heterocycles. The van der Waals surface area contributed by atoms with Crippen LogP contribution in [0.2, 0.25) is 0 Å². The normalized spacial score (nSPS) is 17.7. The molecule has 1 amide bonds. The largest absolute Gasteiger partial charge is 0.311 e. The molecule has 5 nitrogen and oxygen atoms in total. The number of anilines is 1. The van der Waals surface area contributed by atoms with Crippen molar-refractivity contribution in [2.24, 2.45) is 0 Å². The van der Waals surface area contributed by atoms with Gasteiger partial charge in [-0.15, -0.1) is 0 Å². The van der Waals surface area contributed by atoms with Crippen LogP contribution in [0.25, 0.3) is 5.57 Å². The first-order valence-electron chi connectivity index (χ1n) is 10.1. The van der Waals surface area contributed by atoms with Crippen molar-refractivity contribution in [2.45, 2.75) is 43.4 Å². The number of nitrogens with one attached hydrogen (secondary N) is 1. The third kappa shape index (κ3) is 3.74. The van der Waals surface area contributed by atoms with E-state index in [0.717, 1.165) is 48.1 Å². The number of fused-ring (bicyclic) bond motifs is 1. The van der Waals surface area contributed by atoms with Gasteiger partial charge in [-0.25, -0.2) is 13.1 Å². The Kier molecular flexibility index (Phi) is 5.32. The van der Waals surface area contributed by atoms with Gasteiger partial charge in [0.2, 0.25) is 10.0 Å². The monoisotopic (exact) mass is 410 g/mol. The van der Waals surface area contributed by atoms with E-state index >= 15 is 0 Å². The number of hydrogen-bond donors (Lipinski definition) is 1. The van der Waals surface area contributed by atoms with E-state index in [9.17, 15) is 13.2 Å². The number of benzene rings is 2. The minimum Gasteiger partial charge on any atom is -0.311 e. The van der Waals surface area contributed by atoms with Gasteiger partial charge >= 0.3 is 0 Å². The Hall–Kier alpha value is -2.44. The number of amides is 1. The lowest BCUT2D eigenvalue weighted by molar-refractivity contribution is -0.112. The van der Waals surface area contributed by atoms with E-state index in [2.05, 4.69) is 4.72 Å². The lowest BCUT2D eigenvalue weighted by Gasteiger charge is -2.14. The van der Waals surface area contributed by atoms with Crippen molar-refractivity contribution >= 4 is 27.2 Å². The molecule has 0 saturated heterocycles. The quantitative estimate of drug-likeness (QED) is 0.756. The van der Waals surface area contributed by atoms with Crippen molar-refractivity contribution in [1.82, 2.24) is 4.72 Å². The summed E-state index contributed by atoms with van der Waals surface area (Å²) in [4.78, 5) is 14.6. The van der Waals surface area contributed by atoms with E-state index in [1.165, 1.54) is 0 Å². The van der Waals surface area contributed by atoms with E-state index in [1.807, 2.05) is 37.3 Å². The van der Waals surface area contributed by atoms with Gasteiger partial charge in [-0.05, 0) is 55.4 Å². The standard InChI is InChI=1S/C23H26N2O3S/c1-16(17-8-4-3-5-9-17)15-24-29(27,28)19-12-13-21-20(14-19)22(23(26)25(21)2)18-10-6-7-11-18/h3-5,8-9,12-14,16,24H,6-7,10-11,15H2,1-2H3/t16-/m0/s1. The molecule has 1 atom stereocenters. The van der Waals surface area contributed by atoms with Crippen LogP contribution in [0.3, 0.4) is 0 Å². The SMILES string of the molecule is C[C@@H](CNS(=O)(=O)c1ccc2c(c1)C(=C1CCCC1)C(=O)N2C)c1ccccc1. The lowest BCUT2D eigenvalue weighted by atomic mass is 10.00. The molecular weight excluding hydrogens is 384 g/mol. The first-order chi connectivity index (χ1) is 13.9. The third-order valence-corrected chi connectivity index (χ3v) is 7.36. The molecule has 1 aliphatic carbocycles. The highest BCUT2D eigenvalue weighted by molar-refractivity contribution is 7.89. The number of nitrogens with zero attached hydrogens (tertiary/aromatic N) is 1. The Morgan fingerprint density at radius 2 is 1.76 bits per heavy atom. The molecule has 6 heteroatoms. The molecule has 0 unspecified atom stereocenters. The fraction of sp³-hybridized carbons (Fsp3) is 0.348. The van der Waals surface area contributed by atoms with Crippen LogP contribution in [0, 0.1) is 0 Å². The Morgan fingerprint density at radius 3 is 2.45 bits per heavy atom. The molecule has 2 aromatic rings. The molecule has 0 aromatic heterocycles. The third-order valence-electron chi connectivity index (χ3n) is 5.94. The van der Waals surface area contributed by atoms with Crippen molar-refractivity contribution in [3.05, 3.63) is 65.2 Å². The Bertz CT molecular complexity index is 1070. The second-order valence-electron chi connectivity index (χ2n) is 7.89. The summed E-state index contributed by atoms with van der Waals surface area (Å²) in [5.74, 6) is 0.0291. The summed E-state index contributed by atoms with van der Waals surface area (Å²) in [6.07, 6.45) is 4.00. The predicted molar refractivity (Wildman–Crippen MR) is 115 cm³/mol. The van der Waals surface area contributed by atoms with Crippen LogP contribution >= 0.6 is 0 Å². The van der Waals surface area contributed by atoms with E-state index in [0.29, 0.717) is 12.1 Å². The number of carbonyl (C=O) groups is 1. The van der Waals surface area contributed by atoms with Crippen LogP contribution in [0.5, 0.6) is 0 Å². The summed E-state index contributed by atoms with van der Waals surface area (Å²) in [6, 6.07) is 14.8. The van der Waals surface area contributed by atoms with Gasteiger partial charge in [-0.2, -0.15) is 0 Å². The zero-order valence-corrected chi connectivity index (χ0v) is 17.6. The molecular formula is C23H26N2O3S. The highest BCUT2D eigenvalue weighted by atomic mass is 32.2. The van der Waals surface area contributed by atoms with Crippen molar-refractivity contribution in [3.8, 4) is 0 Å². The van der Waals surface area contributed by atoms with E-state index in [-0.39, 0.29) is 16.7 Å². The second-order valence-corrected chi connectivity index (χ2v) is 9.66. The van der Waals surface area contributed by atoms with Crippen molar-refractivity contribution in [1.29, 1.82) is 0 Å². The van der Waals surface area contributed by atoms with Crippen molar-refractivity contribution in [2.75, 3.05) is 18.5 Å². The molecule has 1 saturated carbocycles. The maximum atomic E-state index is 12.9.